The third-order valence-corrected chi connectivity index (χ3v) is 5.56. The maximum atomic E-state index is 10.4. The highest BCUT2D eigenvalue weighted by Gasteiger charge is 2.30. The third-order valence-electron chi connectivity index (χ3n) is 3.93. The standard InChI is InChI=1S/C14H24ClN3OS/c1-17(2)13-16-12(15)11(20-13)10-18(3)9-8-14(19)6-4-5-7-14/h19H,4-10H2,1-3H3. The first-order valence-electron chi connectivity index (χ1n) is 7.13. The maximum Gasteiger partial charge on any atom is 0.186 e. The number of nitrogens with zero attached hydrogens (tertiary/aromatic N) is 3. The molecule has 6 heteroatoms. The van der Waals surface area contributed by atoms with Crippen molar-refractivity contribution in [3.63, 3.8) is 0 Å². The first-order chi connectivity index (χ1) is 9.39. The van der Waals surface area contributed by atoms with Crippen LogP contribution in [-0.2, 0) is 6.54 Å². The van der Waals surface area contributed by atoms with Crippen molar-refractivity contribution >= 4 is 28.1 Å². The fraction of sp³-hybridized carbons (Fsp3) is 0.786. The van der Waals surface area contributed by atoms with Crippen molar-refractivity contribution in [3.8, 4) is 0 Å². The molecule has 4 nitrogen and oxygen atoms in total. The van der Waals surface area contributed by atoms with Crippen molar-refractivity contribution in [2.45, 2.75) is 44.2 Å². The highest BCUT2D eigenvalue weighted by molar-refractivity contribution is 7.16. The molecule has 1 aliphatic carbocycles. The Balaban J connectivity index is 1.86. The molecule has 0 aromatic carbocycles. The van der Waals surface area contributed by atoms with Gasteiger partial charge in [0.25, 0.3) is 0 Å². The molecule has 20 heavy (non-hydrogen) atoms. The maximum absolute atomic E-state index is 10.4. The van der Waals surface area contributed by atoms with Gasteiger partial charge in [0.2, 0.25) is 0 Å². The highest BCUT2D eigenvalue weighted by atomic mass is 35.5. The van der Waals surface area contributed by atoms with E-state index in [9.17, 15) is 5.11 Å². The van der Waals surface area contributed by atoms with Crippen LogP contribution in [0, 0.1) is 0 Å². The normalized spacial score (nSPS) is 17.9. The molecule has 1 aromatic rings. The van der Waals surface area contributed by atoms with Gasteiger partial charge in [-0.15, -0.1) is 0 Å². The second-order valence-electron chi connectivity index (χ2n) is 6.02. The van der Waals surface area contributed by atoms with Crippen LogP contribution in [0.4, 0.5) is 5.13 Å². The first kappa shape index (κ1) is 16.0. The summed E-state index contributed by atoms with van der Waals surface area (Å²) in [5, 5.41) is 11.9. The Labute approximate surface area is 130 Å². The molecule has 1 saturated carbocycles. The number of halogens is 1. The summed E-state index contributed by atoms with van der Waals surface area (Å²) < 4.78 is 0. The van der Waals surface area contributed by atoms with Gasteiger partial charge in [0.1, 0.15) is 5.15 Å². The number of rotatable bonds is 6. The van der Waals surface area contributed by atoms with Crippen LogP contribution in [0.15, 0.2) is 0 Å². The van der Waals surface area contributed by atoms with Gasteiger partial charge in [-0.25, -0.2) is 4.98 Å². The Hall–Kier alpha value is -0.360. The van der Waals surface area contributed by atoms with E-state index in [4.69, 9.17) is 11.6 Å². The van der Waals surface area contributed by atoms with Crippen molar-refractivity contribution in [2.75, 3.05) is 32.6 Å². The Morgan fingerprint density at radius 1 is 1.30 bits per heavy atom. The minimum absolute atomic E-state index is 0.430. The molecule has 0 spiro atoms. The summed E-state index contributed by atoms with van der Waals surface area (Å²) in [4.78, 5) is 9.63. The summed E-state index contributed by atoms with van der Waals surface area (Å²) in [7, 11) is 6.01. The lowest BCUT2D eigenvalue weighted by atomic mass is 9.98. The molecule has 1 aliphatic rings. The molecule has 2 rings (SSSR count). The lowest BCUT2D eigenvalue weighted by Gasteiger charge is -2.25. The van der Waals surface area contributed by atoms with Gasteiger partial charge in [0, 0.05) is 27.2 Å². The predicted molar refractivity (Wildman–Crippen MR) is 85.8 cm³/mol. The van der Waals surface area contributed by atoms with Gasteiger partial charge in [-0.2, -0.15) is 0 Å². The van der Waals surface area contributed by atoms with Crippen molar-refractivity contribution in [2.24, 2.45) is 0 Å². The average Bonchev–Trinajstić information content (AvgIpc) is 2.96. The topological polar surface area (TPSA) is 39.6 Å². The van der Waals surface area contributed by atoms with E-state index >= 15 is 0 Å². The lowest BCUT2D eigenvalue weighted by molar-refractivity contribution is 0.0298. The number of aliphatic hydroxyl groups is 1. The van der Waals surface area contributed by atoms with Gasteiger partial charge in [-0.1, -0.05) is 35.8 Å². The number of hydrogen-bond donors (Lipinski definition) is 1. The number of anilines is 1. The summed E-state index contributed by atoms with van der Waals surface area (Å²) in [5.41, 5.74) is -0.430. The highest BCUT2D eigenvalue weighted by Crippen LogP contribution is 2.33. The molecule has 0 saturated heterocycles. The van der Waals surface area contributed by atoms with Crippen LogP contribution in [0.25, 0.3) is 0 Å². The monoisotopic (exact) mass is 317 g/mol. The summed E-state index contributed by atoms with van der Waals surface area (Å²) in [6.07, 6.45) is 5.07. The van der Waals surface area contributed by atoms with E-state index in [1.165, 1.54) is 0 Å². The van der Waals surface area contributed by atoms with Crippen LogP contribution < -0.4 is 4.90 Å². The Morgan fingerprint density at radius 3 is 2.50 bits per heavy atom. The molecule has 0 bridgehead atoms. The number of thiazole rings is 1. The molecular formula is C14H24ClN3OS. The zero-order valence-corrected chi connectivity index (χ0v) is 14.1. The SMILES string of the molecule is CN(CCC1(O)CCCC1)Cc1sc(N(C)C)nc1Cl. The second-order valence-corrected chi connectivity index (χ2v) is 7.44. The fourth-order valence-electron chi connectivity index (χ4n) is 2.62. The summed E-state index contributed by atoms with van der Waals surface area (Å²) in [5.74, 6) is 0. The van der Waals surface area contributed by atoms with Crippen LogP contribution >= 0.6 is 22.9 Å². The summed E-state index contributed by atoms with van der Waals surface area (Å²) >= 11 is 7.82. The van der Waals surface area contributed by atoms with Gasteiger partial charge in [0.05, 0.1) is 10.5 Å². The smallest absolute Gasteiger partial charge is 0.186 e. The summed E-state index contributed by atoms with van der Waals surface area (Å²) in [6.45, 7) is 1.68. The van der Waals surface area contributed by atoms with Gasteiger partial charge in [-0.05, 0) is 26.3 Å². The molecule has 0 aliphatic heterocycles. The Kier molecular flexibility index (Phi) is 5.29. The molecule has 1 N–H and O–H groups in total. The minimum Gasteiger partial charge on any atom is -0.390 e. The van der Waals surface area contributed by atoms with E-state index in [-0.39, 0.29) is 0 Å². The third kappa shape index (κ3) is 4.07. The van der Waals surface area contributed by atoms with E-state index in [0.717, 1.165) is 55.2 Å². The zero-order valence-electron chi connectivity index (χ0n) is 12.5. The molecule has 0 atom stereocenters. The second kappa shape index (κ2) is 6.60. The van der Waals surface area contributed by atoms with Crippen LogP contribution in [0.3, 0.4) is 0 Å². The number of aromatic nitrogens is 1. The molecular weight excluding hydrogens is 294 g/mol. The Morgan fingerprint density at radius 2 is 1.95 bits per heavy atom. The molecule has 1 heterocycles. The largest absolute Gasteiger partial charge is 0.390 e. The van der Waals surface area contributed by atoms with E-state index in [2.05, 4.69) is 16.9 Å². The van der Waals surface area contributed by atoms with Crippen molar-refractivity contribution < 1.29 is 5.11 Å². The van der Waals surface area contributed by atoms with Crippen molar-refractivity contribution in [3.05, 3.63) is 10.0 Å². The molecule has 0 unspecified atom stereocenters. The molecule has 1 fully saturated rings. The minimum atomic E-state index is -0.430. The predicted octanol–water partition coefficient (Wildman–Crippen LogP) is 2.99. The molecule has 0 amide bonds. The van der Waals surface area contributed by atoms with Gasteiger partial charge >= 0.3 is 0 Å². The average molecular weight is 318 g/mol. The van der Waals surface area contributed by atoms with Gasteiger partial charge in [-0.3, -0.25) is 0 Å². The van der Waals surface area contributed by atoms with Gasteiger partial charge < -0.3 is 14.9 Å². The van der Waals surface area contributed by atoms with E-state index in [1.807, 2.05) is 19.0 Å². The van der Waals surface area contributed by atoms with Crippen LogP contribution in [0.1, 0.15) is 37.0 Å². The van der Waals surface area contributed by atoms with Crippen molar-refractivity contribution in [1.29, 1.82) is 0 Å². The van der Waals surface area contributed by atoms with E-state index in [0.29, 0.717) is 5.15 Å². The quantitative estimate of drug-likeness (QED) is 0.875. The van der Waals surface area contributed by atoms with Gasteiger partial charge in [0.15, 0.2) is 5.13 Å². The van der Waals surface area contributed by atoms with E-state index < -0.39 is 5.60 Å². The zero-order chi connectivity index (χ0) is 14.8. The lowest BCUT2D eigenvalue weighted by Crippen LogP contribution is -2.30. The number of hydrogen-bond acceptors (Lipinski definition) is 5. The van der Waals surface area contributed by atoms with Crippen LogP contribution in [0.2, 0.25) is 5.15 Å². The summed E-state index contributed by atoms with van der Waals surface area (Å²) in [6, 6.07) is 0. The van der Waals surface area contributed by atoms with E-state index in [1.54, 1.807) is 11.3 Å². The van der Waals surface area contributed by atoms with Crippen LogP contribution in [-0.4, -0.2) is 48.3 Å². The fourth-order valence-corrected chi connectivity index (χ4v) is 3.88. The van der Waals surface area contributed by atoms with Crippen LogP contribution in [0.5, 0.6) is 0 Å². The van der Waals surface area contributed by atoms with Crippen molar-refractivity contribution in [1.82, 2.24) is 9.88 Å². The Bertz CT molecular complexity index is 444. The molecule has 0 radical (unpaired) electrons. The molecule has 114 valence electrons. The molecule has 1 aromatic heterocycles. The first-order valence-corrected chi connectivity index (χ1v) is 8.32.